The third-order valence-corrected chi connectivity index (χ3v) is 5.45. The van der Waals surface area contributed by atoms with Gasteiger partial charge in [-0.25, -0.2) is 4.99 Å². The van der Waals surface area contributed by atoms with E-state index in [0.29, 0.717) is 6.54 Å². The van der Waals surface area contributed by atoms with E-state index < -0.39 is 0 Å². The molecule has 0 atom stereocenters. The molecule has 1 aromatic heterocycles. The number of aromatic nitrogens is 1. The molecule has 6 nitrogen and oxygen atoms in total. The first-order valence-electron chi connectivity index (χ1n) is 9.74. The number of likely N-dealkylation sites (N-methyl/N-ethyl adjacent to an activating group) is 1. The molecule has 0 spiro atoms. The summed E-state index contributed by atoms with van der Waals surface area (Å²) in [5.74, 6) is 0.853. The molecule has 0 radical (unpaired) electrons. The highest BCUT2D eigenvalue weighted by Gasteiger charge is 2.34. The Balaban J connectivity index is 0.00000280. The lowest BCUT2D eigenvalue weighted by Crippen LogP contribution is -2.57. The van der Waals surface area contributed by atoms with Gasteiger partial charge in [0.25, 0.3) is 0 Å². The van der Waals surface area contributed by atoms with Crippen molar-refractivity contribution in [1.82, 2.24) is 20.5 Å². The fourth-order valence-electron chi connectivity index (χ4n) is 3.58. The second-order valence-corrected chi connectivity index (χ2v) is 7.27. The highest BCUT2D eigenvalue weighted by Crippen LogP contribution is 2.25. The zero-order valence-corrected chi connectivity index (χ0v) is 19.4. The summed E-state index contributed by atoms with van der Waals surface area (Å²) in [5, 5.41) is 8.09. The van der Waals surface area contributed by atoms with Crippen LogP contribution in [0.15, 0.2) is 41.5 Å². The van der Waals surface area contributed by atoms with Crippen LogP contribution in [0.25, 0.3) is 10.9 Å². The largest absolute Gasteiger partial charge is 0.381 e. The first-order chi connectivity index (χ1) is 13.1. The second kappa shape index (κ2) is 10.9. The number of guanidine groups is 1. The van der Waals surface area contributed by atoms with Gasteiger partial charge >= 0.3 is 0 Å². The number of benzene rings is 1. The first kappa shape index (κ1) is 22.8. The summed E-state index contributed by atoms with van der Waals surface area (Å²) in [6.07, 6.45) is 3.92. The summed E-state index contributed by atoms with van der Waals surface area (Å²) >= 11 is 0. The molecule has 28 heavy (non-hydrogen) atoms. The van der Waals surface area contributed by atoms with Crippen LogP contribution >= 0.6 is 24.0 Å². The summed E-state index contributed by atoms with van der Waals surface area (Å²) < 4.78 is 5.57. The zero-order chi connectivity index (χ0) is 19.1. The van der Waals surface area contributed by atoms with E-state index in [-0.39, 0.29) is 29.5 Å². The van der Waals surface area contributed by atoms with Crippen molar-refractivity contribution in [2.24, 2.45) is 4.99 Å². The lowest BCUT2D eigenvalue weighted by molar-refractivity contribution is -0.00501. The molecule has 0 unspecified atom stereocenters. The average molecular weight is 497 g/mol. The Kier molecular flexibility index (Phi) is 8.91. The highest BCUT2D eigenvalue weighted by molar-refractivity contribution is 14.0. The first-order valence-corrected chi connectivity index (χ1v) is 9.74. The Hall–Kier alpha value is -1.45. The van der Waals surface area contributed by atoms with Crippen LogP contribution in [0, 0.1) is 0 Å². The van der Waals surface area contributed by atoms with Gasteiger partial charge in [-0.05, 0) is 51.6 Å². The van der Waals surface area contributed by atoms with Gasteiger partial charge in [0.2, 0.25) is 0 Å². The third kappa shape index (κ3) is 5.55. The number of nitrogens with zero attached hydrogens (tertiary/aromatic N) is 3. The molecule has 1 fully saturated rings. The lowest BCUT2D eigenvalue weighted by atomic mass is 9.88. The van der Waals surface area contributed by atoms with Crippen LogP contribution in [0.1, 0.15) is 25.3 Å². The van der Waals surface area contributed by atoms with Crippen molar-refractivity contribution in [2.45, 2.75) is 31.8 Å². The van der Waals surface area contributed by atoms with E-state index in [4.69, 9.17) is 9.73 Å². The molecule has 7 heteroatoms. The summed E-state index contributed by atoms with van der Waals surface area (Å²) in [6, 6.07) is 10.3. The zero-order valence-electron chi connectivity index (χ0n) is 17.1. The van der Waals surface area contributed by atoms with Gasteiger partial charge in [0.1, 0.15) is 0 Å². The molecule has 154 valence electrons. The highest BCUT2D eigenvalue weighted by atomic mass is 127. The molecule has 1 aliphatic rings. The molecule has 1 aromatic carbocycles. The molecule has 1 aliphatic heterocycles. The number of fused-ring (bicyclic) bond motifs is 1. The number of ether oxygens (including phenoxy) is 1. The number of rotatable bonds is 6. The fraction of sp³-hybridized carbons (Fsp3) is 0.524. The van der Waals surface area contributed by atoms with E-state index in [9.17, 15) is 0 Å². The van der Waals surface area contributed by atoms with Gasteiger partial charge in [0.05, 0.1) is 12.1 Å². The Morgan fingerprint density at radius 1 is 1.18 bits per heavy atom. The molecule has 2 aromatic rings. The quantitative estimate of drug-likeness (QED) is 0.365. The van der Waals surface area contributed by atoms with Crippen molar-refractivity contribution in [3.8, 4) is 0 Å². The maximum atomic E-state index is 5.57. The molecule has 0 saturated carbocycles. The minimum Gasteiger partial charge on any atom is -0.381 e. The van der Waals surface area contributed by atoms with Crippen LogP contribution in [0.3, 0.4) is 0 Å². The van der Waals surface area contributed by atoms with Gasteiger partial charge in [-0.15, -0.1) is 24.0 Å². The molecule has 0 aliphatic carbocycles. The standard InChI is InChI=1S/C21H31N5O.HI/c1-4-22-20(25-16-21(26(2)3)10-13-27-14-11-21)24-15-17-9-12-23-19-8-6-5-7-18(17)19;/h5-9,12H,4,10-11,13-16H2,1-3H3,(H2,22,24,25);1H. The minimum atomic E-state index is 0. The SMILES string of the molecule is CCNC(=NCc1ccnc2ccccc12)NCC1(N(C)C)CCOCC1.I. The lowest BCUT2D eigenvalue weighted by Gasteiger charge is -2.43. The second-order valence-electron chi connectivity index (χ2n) is 7.27. The minimum absolute atomic E-state index is 0. The van der Waals surface area contributed by atoms with Crippen LogP contribution in [0.4, 0.5) is 0 Å². The van der Waals surface area contributed by atoms with E-state index in [1.54, 1.807) is 0 Å². The van der Waals surface area contributed by atoms with E-state index >= 15 is 0 Å². The molecule has 0 bridgehead atoms. The molecular formula is C21H32IN5O. The van der Waals surface area contributed by atoms with Gasteiger partial charge in [-0.1, -0.05) is 18.2 Å². The smallest absolute Gasteiger partial charge is 0.191 e. The fourth-order valence-corrected chi connectivity index (χ4v) is 3.58. The van der Waals surface area contributed by atoms with Gasteiger partial charge in [0, 0.05) is 43.4 Å². The van der Waals surface area contributed by atoms with Gasteiger partial charge < -0.3 is 20.3 Å². The van der Waals surface area contributed by atoms with Crippen molar-refractivity contribution in [2.75, 3.05) is 40.4 Å². The van der Waals surface area contributed by atoms with Crippen LogP contribution < -0.4 is 10.6 Å². The van der Waals surface area contributed by atoms with E-state index in [1.807, 2.05) is 24.4 Å². The predicted octanol–water partition coefficient (Wildman–Crippen LogP) is 3.02. The number of hydrogen-bond acceptors (Lipinski definition) is 4. The summed E-state index contributed by atoms with van der Waals surface area (Å²) in [5.41, 5.74) is 2.31. The van der Waals surface area contributed by atoms with E-state index in [0.717, 1.165) is 56.0 Å². The van der Waals surface area contributed by atoms with E-state index in [2.05, 4.69) is 53.7 Å². The number of nitrogens with one attached hydrogen (secondary N) is 2. The van der Waals surface area contributed by atoms with Crippen LogP contribution in [-0.4, -0.2) is 61.8 Å². The van der Waals surface area contributed by atoms with Crippen molar-refractivity contribution in [1.29, 1.82) is 0 Å². The van der Waals surface area contributed by atoms with E-state index in [1.165, 1.54) is 5.56 Å². The van der Waals surface area contributed by atoms with Crippen molar-refractivity contribution in [3.63, 3.8) is 0 Å². The topological polar surface area (TPSA) is 61.8 Å². The average Bonchev–Trinajstić information content (AvgIpc) is 2.70. The van der Waals surface area contributed by atoms with Crippen LogP contribution in [-0.2, 0) is 11.3 Å². The summed E-state index contributed by atoms with van der Waals surface area (Å²) in [7, 11) is 4.31. The van der Waals surface area contributed by atoms with Gasteiger partial charge in [-0.3, -0.25) is 4.98 Å². The molecule has 2 N–H and O–H groups in total. The van der Waals surface area contributed by atoms with Crippen LogP contribution in [0.5, 0.6) is 0 Å². The molecular weight excluding hydrogens is 465 g/mol. The molecule has 3 rings (SSSR count). The monoisotopic (exact) mass is 497 g/mol. The number of aliphatic imine (C=N–C) groups is 1. The number of para-hydroxylation sites is 1. The van der Waals surface area contributed by atoms with Crippen molar-refractivity contribution >= 4 is 40.8 Å². The molecule has 2 heterocycles. The third-order valence-electron chi connectivity index (χ3n) is 5.45. The summed E-state index contributed by atoms with van der Waals surface area (Å²) in [6.45, 7) is 6.03. The number of hydrogen-bond donors (Lipinski definition) is 2. The molecule has 0 amide bonds. The van der Waals surface area contributed by atoms with Crippen molar-refractivity contribution < 1.29 is 4.74 Å². The molecule has 1 saturated heterocycles. The Labute approximate surface area is 185 Å². The number of pyridine rings is 1. The van der Waals surface area contributed by atoms with Gasteiger partial charge in [0.15, 0.2) is 5.96 Å². The maximum absolute atomic E-state index is 5.57. The van der Waals surface area contributed by atoms with Crippen LogP contribution in [0.2, 0.25) is 0 Å². The Morgan fingerprint density at radius 3 is 2.64 bits per heavy atom. The summed E-state index contributed by atoms with van der Waals surface area (Å²) in [4.78, 5) is 11.6. The number of halogens is 1. The Bertz CT molecular complexity index is 769. The van der Waals surface area contributed by atoms with Gasteiger partial charge in [-0.2, -0.15) is 0 Å². The van der Waals surface area contributed by atoms with Crippen molar-refractivity contribution in [3.05, 3.63) is 42.1 Å². The predicted molar refractivity (Wildman–Crippen MR) is 126 cm³/mol. The maximum Gasteiger partial charge on any atom is 0.191 e. The normalized spacial score (nSPS) is 16.6. The Morgan fingerprint density at radius 2 is 1.93 bits per heavy atom.